The summed E-state index contributed by atoms with van der Waals surface area (Å²) in [5.41, 5.74) is 0.499. The van der Waals surface area contributed by atoms with E-state index in [1.165, 1.54) is 49.5 Å². The fourth-order valence-electron chi connectivity index (χ4n) is 2.81. The summed E-state index contributed by atoms with van der Waals surface area (Å²) in [6.07, 6.45) is 0. The summed E-state index contributed by atoms with van der Waals surface area (Å²) in [7, 11) is -2.70. The molecule has 160 valence electrons. The molecule has 0 unspecified atom stereocenters. The molecule has 30 heavy (non-hydrogen) atoms. The first-order valence-electron chi connectivity index (χ1n) is 9.27. The molecule has 1 aliphatic rings. The van der Waals surface area contributed by atoms with Gasteiger partial charge in [0.05, 0.1) is 22.8 Å². The van der Waals surface area contributed by atoms with Gasteiger partial charge in [-0.2, -0.15) is 0 Å². The first-order valence-corrected chi connectivity index (χ1v) is 10.7. The molecule has 1 aliphatic heterocycles. The zero-order chi connectivity index (χ0) is 21.7. The van der Waals surface area contributed by atoms with E-state index in [2.05, 4.69) is 5.32 Å². The second-order valence-electron chi connectivity index (χ2n) is 6.26. The predicted molar refractivity (Wildman–Crippen MR) is 108 cm³/mol. The Labute approximate surface area is 174 Å². The maximum Gasteiger partial charge on any atom is 0.338 e. The Morgan fingerprint density at radius 1 is 1.07 bits per heavy atom. The summed E-state index contributed by atoms with van der Waals surface area (Å²) in [5.74, 6) is -0.237. The van der Waals surface area contributed by atoms with Crippen LogP contribution in [0.5, 0.6) is 11.5 Å². The number of benzene rings is 2. The fourth-order valence-corrected chi connectivity index (χ4v) is 4.25. The molecule has 0 aliphatic carbocycles. The molecule has 0 saturated carbocycles. The van der Waals surface area contributed by atoms with E-state index in [-0.39, 0.29) is 22.8 Å². The Morgan fingerprint density at radius 2 is 1.73 bits per heavy atom. The van der Waals surface area contributed by atoms with Crippen LogP contribution in [0.2, 0.25) is 0 Å². The third-order valence-electron chi connectivity index (χ3n) is 4.33. The van der Waals surface area contributed by atoms with Gasteiger partial charge in [0.15, 0.2) is 11.5 Å². The van der Waals surface area contributed by atoms with Gasteiger partial charge in [-0.1, -0.05) is 0 Å². The number of fused-ring (bicyclic) bond motifs is 1. The summed E-state index contributed by atoms with van der Waals surface area (Å²) in [6, 6.07) is 10.1. The van der Waals surface area contributed by atoms with Crippen LogP contribution < -0.4 is 19.1 Å². The van der Waals surface area contributed by atoms with Crippen LogP contribution in [-0.2, 0) is 19.6 Å². The van der Waals surface area contributed by atoms with Gasteiger partial charge >= 0.3 is 5.97 Å². The first-order chi connectivity index (χ1) is 14.4. The number of nitrogens with zero attached hydrogens (tertiary/aromatic N) is 1. The molecule has 1 heterocycles. The van der Waals surface area contributed by atoms with Gasteiger partial charge < -0.3 is 19.5 Å². The van der Waals surface area contributed by atoms with Crippen molar-refractivity contribution >= 4 is 27.6 Å². The Hall–Kier alpha value is -3.27. The van der Waals surface area contributed by atoms with Gasteiger partial charge in [-0.3, -0.25) is 9.10 Å². The van der Waals surface area contributed by atoms with Crippen molar-refractivity contribution in [1.29, 1.82) is 0 Å². The van der Waals surface area contributed by atoms with Gasteiger partial charge in [0.1, 0.15) is 19.8 Å². The van der Waals surface area contributed by atoms with E-state index in [0.29, 0.717) is 24.7 Å². The number of esters is 1. The number of amides is 1. The summed E-state index contributed by atoms with van der Waals surface area (Å²) in [6.45, 7) is 2.17. The number of sulfonamides is 1. The Kier molecular flexibility index (Phi) is 6.46. The van der Waals surface area contributed by atoms with Crippen molar-refractivity contribution in [3.8, 4) is 11.5 Å². The number of carbonyl (C=O) groups is 2. The van der Waals surface area contributed by atoms with E-state index in [9.17, 15) is 18.0 Å². The number of ether oxygens (including phenoxy) is 3. The minimum absolute atomic E-state index is 0.0508. The largest absolute Gasteiger partial charge is 0.486 e. The monoisotopic (exact) mass is 434 g/mol. The van der Waals surface area contributed by atoms with E-state index in [0.717, 1.165) is 4.31 Å². The molecular formula is C20H22N2O7S. The Balaban J connectivity index is 1.98. The van der Waals surface area contributed by atoms with Crippen LogP contribution in [0.25, 0.3) is 0 Å². The lowest BCUT2D eigenvalue weighted by Crippen LogP contribution is -2.39. The van der Waals surface area contributed by atoms with Crippen LogP contribution in [0.4, 0.5) is 5.69 Å². The maximum atomic E-state index is 13.3. The lowest BCUT2D eigenvalue weighted by Gasteiger charge is -2.25. The van der Waals surface area contributed by atoms with Crippen molar-refractivity contribution in [1.82, 2.24) is 5.32 Å². The molecule has 0 fully saturated rings. The molecular weight excluding hydrogens is 412 g/mol. The standard InChI is InChI=1S/C20H22N2O7S/c1-3-27-20(24)14-4-6-15(7-5-14)22(13-19(23)21-2)30(25,26)16-8-9-17-18(12-16)29-11-10-28-17/h4-9,12H,3,10-11,13H2,1-2H3,(H,21,23). The average molecular weight is 434 g/mol. The summed E-state index contributed by atoms with van der Waals surface area (Å²) < 4.78 is 43.5. The molecule has 0 bridgehead atoms. The SMILES string of the molecule is CCOC(=O)c1ccc(N(CC(=O)NC)S(=O)(=O)c2ccc3c(c2)OCCO3)cc1. The molecule has 0 spiro atoms. The lowest BCUT2D eigenvalue weighted by atomic mass is 10.2. The number of hydrogen-bond acceptors (Lipinski definition) is 7. The Bertz CT molecular complexity index is 1040. The van der Waals surface area contributed by atoms with Crippen molar-refractivity contribution in [3.63, 3.8) is 0 Å². The quantitative estimate of drug-likeness (QED) is 0.659. The first kappa shape index (κ1) is 21.4. The summed E-state index contributed by atoms with van der Waals surface area (Å²) in [4.78, 5) is 23.8. The van der Waals surface area contributed by atoms with E-state index in [1.54, 1.807) is 6.92 Å². The molecule has 2 aromatic rings. The molecule has 0 radical (unpaired) electrons. The van der Waals surface area contributed by atoms with Crippen molar-refractivity contribution < 1.29 is 32.2 Å². The van der Waals surface area contributed by atoms with Crippen LogP contribution in [0.15, 0.2) is 47.4 Å². The van der Waals surface area contributed by atoms with Gasteiger partial charge in [0.2, 0.25) is 5.91 Å². The highest BCUT2D eigenvalue weighted by atomic mass is 32.2. The molecule has 1 N–H and O–H groups in total. The number of likely N-dealkylation sites (N-methyl/N-ethyl adjacent to an activating group) is 1. The van der Waals surface area contributed by atoms with E-state index < -0.39 is 28.4 Å². The predicted octanol–water partition coefficient (Wildman–Crippen LogP) is 1.58. The third kappa shape index (κ3) is 4.48. The second-order valence-corrected chi connectivity index (χ2v) is 8.12. The number of carbonyl (C=O) groups excluding carboxylic acids is 2. The van der Waals surface area contributed by atoms with Gasteiger partial charge in [-0.25, -0.2) is 13.2 Å². The lowest BCUT2D eigenvalue weighted by molar-refractivity contribution is -0.119. The topological polar surface area (TPSA) is 111 Å². The molecule has 0 saturated heterocycles. The van der Waals surface area contributed by atoms with E-state index >= 15 is 0 Å². The maximum absolute atomic E-state index is 13.3. The van der Waals surface area contributed by atoms with Gasteiger partial charge in [-0.05, 0) is 43.3 Å². The van der Waals surface area contributed by atoms with Gasteiger partial charge in [0, 0.05) is 13.1 Å². The summed E-state index contributed by atoms with van der Waals surface area (Å²) >= 11 is 0. The third-order valence-corrected chi connectivity index (χ3v) is 6.10. The van der Waals surface area contributed by atoms with Crippen molar-refractivity contribution in [2.45, 2.75) is 11.8 Å². The zero-order valence-electron chi connectivity index (χ0n) is 16.6. The zero-order valence-corrected chi connectivity index (χ0v) is 17.4. The highest BCUT2D eigenvalue weighted by molar-refractivity contribution is 7.92. The van der Waals surface area contributed by atoms with Gasteiger partial charge in [-0.15, -0.1) is 0 Å². The summed E-state index contributed by atoms with van der Waals surface area (Å²) in [5, 5.41) is 2.42. The minimum atomic E-state index is -4.12. The normalized spacial score (nSPS) is 12.7. The smallest absolute Gasteiger partial charge is 0.338 e. The minimum Gasteiger partial charge on any atom is -0.486 e. The van der Waals surface area contributed by atoms with Crippen molar-refractivity contribution in [2.24, 2.45) is 0 Å². The molecule has 9 nitrogen and oxygen atoms in total. The number of rotatable bonds is 7. The number of anilines is 1. The highest BCUT2D eigenvalue weighted by Gasteiger charge is 2.29. The Morgan fingerprint density at radius 3 is 2.37 bits per heavy atom. The van der Waals surface area contributed by atoms with Crippen molar-refractivity contribution in [3.05, 3.63) is 48.0 Å². The van der Waals surface area contributed by atoms with Gasteiger partial charge in [0.25, 0.3) is 10.0 Å². The van der Waals surface area contributed by atoms with E-state index in [4.69, 9.17) is 14.2 Å². The van der Waals surface area contributed by atoms with Crippen LogP contribution in [0.1, 0.15) is 17.3 Å². The molecule has 2 aromatic carbocycles. The fraction of sp³-hybridized carbons (Fsp3) is 0.300. The molecule has 10 heteroatoms. The van der Waals surface area contributed by atoms with E-state index in [1.807, 2.05) is 0 Å². The van der Waals surface area contributed by atoms with Crippen molar-refractivity contribution in [2.75, 3.05) is 37.7 Å². The molecule has 0 aromatic heterocycles. The molecule has 1 amide bonds. The highest BCUT2D eigenvalue weighted by Crippen LogP contribution is 2.34. The van der Waals surface area contributed by atoms with Crippen LogP contribution >= 0.6 is 0 Å². The number of nitrogens with one attached hydrogen (secondary N) is 1. The van der Waals surface area contributed by atoms with Crippen LogP contribution in [-0.4, -0.2) is 53.7 Å². The molecule has 0 atom stereocenters. The van der Waals surface area contributed by atoms with Crippen LogP contribution in [0.3, 0.4) is 0 Å². The van der Waals surface area contributed by atoms with Crippen LogP contribution in [0, 0.1) is 0 Å². The second kappa shape index (κ2) is 9.04. The molecule has 3 rings (SSSR count). The average Bonchev–Trinajstić information content (AvgIpc) is 2.77. The number of hydrogen-bond donors (Lipinski definition) is 1.